The molecule has 1 radical (unpaired) electrons. The molecule has 0 fully saturated rings. The minimum absolute atomic E-state index is 0. The molecule has 14 heteroatoms. The summed E-state index contributed by atoms with van der Waals surface area (Å²) in [5.41, 5.74) is 2.62. The van der Waals surface area contributed by atoms with Crippen LogP contribution >= 0.6 is 0 Å². The number of pyridine rings is 1. The van der Waals surface area contributed by atoms with E-state index in [2.05, 4.69) is 15.0 Å². The maximum absolute atomic E-state index is 13.6. The number of methoxy groups -OCH3 is 2. The topological polar surface area (TPSA) is 158 Å². The number of rotatable bonds is 10. The fourth-order valence-corrected chi connectivity index (χ4v) is 6.39. The zero-order valence-corrected chi connectivity index (χ0v) is 25.6. The van der Waals surface area contributed by atoms with E-state index in [0.717, 1.165) is 11.1 Å². The van der Waals surface area contributed by atoms with Crippen molar-refractivity contribution < 1.29 is 36.7 Å². The van der Waals surface area contributed by atoms with Crippen molar-refractivity contribution in [3.05, 3.63) is 59.4 Å². The predicted molar refractivity (Wildman–Crippen MR) is 144 cm³/mol. The molecule has 0 bridgehead atoms. The van der Waals surface area contributed by atoms with Crippen LogP contribution in [0.3, 0.4) is 0 Å². The summed E-state index contributed by atoms with van der Waals surface area (Å²) in [4.78, 5) is 22.2. The molecule has 11 nitrogen and oxygen atoms in total. The molecule has 0 spiro atoms. The second-order valence-corrected chi connectivity index (χ2v) is 11.5. The Morgan fingerprint density at radius 3 is 2.38 bits per heavy atom. The number of carboxylic acids is 1. The number of sulfone groups is 1. The smallest absolute Gasteiger partial charge is 0.341 e. The first kappa shape index (κ1) is 30.6. The van der Waals surface area contributed by atoms with Gasteiger partial charge in [-0.15, -0.1) is 0 Å². The summed E-state index contributed by atoms with van der Waals surface area (Å²) >= 11 is 0. The number of hydrogen-bond donors (Lipinski definition) is 2. The number of aliphatic carboxylic acids is 1. The number of aryl methyl sites for hydroxylation is 1. The van der Waals surface area contributed by atoms with E-state index in [1.54, 1.807) is 19.4 Å². The van der Waals surface area contributed by atoms with Gasteiger partial charge in [0.15, 0.2) is 11.8 Å². The normalized spacial score (nSPS) is 12.0. The van der Waals surface area contributed by atoms with E-state index in [0.29, 0.717) is 17.0 Å². The number of benzene rings is 2. The van der Waals surface area contributed by atoms with Gasteiger partial charge in [0.25, 0.3) is 0 Å². The number of fused-ring (bicyclic) bond motifs is 1. The van der Waals surface area contributed by atoms with Crippen molar-refractivity contribution in [2.75, 3.05) is 20.8 Å². The minimum atomic E-state index is -4.10. The second-order valence-electron chi connectivity index (χ2n) is 8.26. The molecule has 4 rings (SSSR count). The van der Waals surface area contributed by atoms with Crippen molar-refractivity contribution in [1.29, 1.82) is 0 Å². The zero-order chi connectivity index (χ0) is 27.6. The van der Waals surface area contributed by atoms with Crippen molar-refractivity contribution in [2.24, 2.45) is 0 Å². The van der Waals surface area contributed by atoms with Gasteiger partial charge in [-0.25, -0.2) is 18.2 Å². The van der Waals surface area contributed by atoms with Gasteiger partial charge in [-0.1, -0.05) is 0 Å². The molecular formula is C25H25N3NaO8S2. The minimum Gasteiger partial charge on any atom is -0.497 e. The molecule has 0 saturated heterocycles. The molecule has 0 aliphatic carbocycles. The molecule has 2 N–H and O–H groups in total. The van der Waals surface area contributed by atoms with Crippen LogP contribution in [-0.4, -0.2) is 89.0 Å². The van der Waals surface area contributed by atoms with Gasteiger partial charge in [0.05, 0.1) is 46.9 Å². The number of ether oxygens (including phenoxy) is 3. The average molecular weight is 583 g/mol. The van der Waals surface area contributed by atoms with E-state index >= 15 is 0 Å². The van der Waals surface area contributed by atoms with Crippen molar-refractivity contribution in [2.45, 2.75) is 34.5 Å². The summed E-state index contributed by atoms with van der Waals surface area (Å²) in [5.74, 6) is 0.0171. The number of imidazole rings is 1. The molecule has 0 aliphatic rings. The molecule has 2 aromatic carbocycles. The Bertz CT molecular complexity index is 1650. The van der Waals surface area contributed by atoms with Crippen LogP contribution in [-0.2, 0) is 31.2 Å². The number of nitrogens with one attached hydrogen (secondary N) is 1. The third-order valence-corrected chi connectivity index (χ3v) is 8.70. The molecule has 0 saturated carbocycles. The van der Waals surface area contributed by atoms with Crippen LogP contribution in [0.4, 0.5) is 0 Å². The van der Waals surface area contributed by atoms with Crippen LogP contribution in [0.25, 0.3) is 11.0 Å². The number of hydrogen-bond acceptors (Lipinski definition) is 9. The number of nitrogens with zero attached hydrogens (tertiary/aromatic N) is 2. The van der Waals surface area contributed by atoms with E-state index in [9.17, 15) is 17.4 Å². The second kappa shape index (κ2) is 12.5. The summed E-state index contributed by atoms with van der Waals surface area (Å²) in [5, 5.41) is 8.84. The van der Waals surface area contributed by atoms with Gasteiger partial charge in [-0.3, -0.25) is 9.19 Å². The predicted octanol–water partition coefficient (Wildman–Crippen LogP) is 2.82. The standard InChI is InChI=1S/C25H25N3O8S2.Na/c1-14-11-26-20(15(2)24(14)35-4)13-37(31)25-27-19-9-17(34-3)10-21(23(19)28-25)38(32,33)18-7-5-16(6-8-18)36-12-22(29)30;/h5-11H,12-13H2,1-4H3,(H,27,28)(H,29,30);. The van der Waals surface area contributed by atoms with Gasteiger partial charge in [0.1, 0.15) is 27.7 Å². The van der Waals surface area contributed by atoms with Gasteiger partial charge in [0, 0.05) is 59.0 Å². The van der Waals surface area contributed by atoms with Crippen molar-refractivity contribution in [1.82, 2.24) is 15.0 Å². The molecule has 2 aromatic heterocycles. The Morgan fingerprint density at radius 1 is 1.08 bits per heavy atom. The maximum atomic E-state index is 13.6. The third-order valence-electron chi connectivity index (χ3n) is 5.76. The Kier molecular flexibility index (Phi) is 9.78. The molecular weight excluding hydrogens is 557 g/mol. The van der Waals surface area contributed by atoms with Crippen LogP contribution in [0.1, 0.15) is 16.8 Å². The van der Waals surface area contributed by atoms with Crippen LogP contribution in [0.5, 0.6) is 17.2 Å². The first-order chi connectivity index (χ1) is 18.0. The molecule has 1 unspecified atom stereocenters. The molecule has 0 amide bonds. The van der Waals surface area contributed by atoms with Gasteiger partial charge in [-0.05, 0) is 38.1 Å². The maximum Gasteiger partial charge on any atom is 0.341 e. The fraction of sp³-hybridized carbons (Fsp3) is 0.240. The monoisotopic (exact) mass is 582 g/mol. The Hall–Kier alpha value is -2.97. The van der Waals surface area contributed by atoms with Crippen LogP contribution in [0, 0.1) is 13.8 Å². The number of carbonyl (C=O) groups is 1. The largest absolute Gasteiger partial charge is 0.497 e. The number of H-pyrrole nitrogens is 1. The van der Waals surface area contributed by atoms with Crippen molar-refractivity contribution >= 4 is 67.2 Å². The first-order valence-corrected chi connectivity index (χ1v) is 14.0. The Labute approximate surface area is 249 Å². The fourth-order valence-electron chi connectivity index (χ4n) is 3.86. The van der Waals surface area contributed by atoms with Gasteiger partial charge in [0.2, 0.25) is 9.84 Å². The molecule has 1 atom stereocenters. The summed E-state index contributed by atoms with van der Waals surface area (Å²) in [6, 6.07) is 8.26. The van der Waals surface area contributed by atoms with E-state index in [1.807, 2.05) is 13.8 Å². The van der Waals surface area contributed by atoms with Crippen LogP contribution in [0.15, 0.2) is 57.5 Å². The first-order valence-electron chi connectivity index (χ1n) is 11.2. The third kappa shape index (κ3) is 6.44. The summed E-state index contributed by atoms with van der Waals surface area (Å²) in [7, 11) is -2.82. The molecule has 2 heterocycles. The quantitative estimate of drug-likeness (QED) is 0.266. The summed E-state index contributed by atoms with van der Waals surface area (Å²) in [6.07, 6.45) is 1.64. The summed E-state index contributed by atoms with van der Waals surface area (Å²) < 4.78 is 56.2. The Morgan fingerprint density at radius 2 is 1.77 bits per heavy atom. The van der Waals surface area contributed by atoms with Crippen LogP contribution in [0.2, 0.25) is 0 Å². The van der Waals surface area contributed by atoms with E-state index in [4.69, 9.17) is 19.3 Å². The van der Waals surface area contributed by atoms with E-state index < -0.39 is 33.2 Å². The van der Waals surface area contributed by atoms with Gasteiger partial charge < -0.3 is 24.3 Å². The van der Waals surface area contributed by atoms with E-state index in [-0.39, 0.29) is 67.3 Å². The van der Waals surface area contributed by atoms with Gasteiger partial charge in [-0.2, -0.15) is 0 Å². The average Bonchev–Trinajstić information content (AvgIpc) is 3.33. The molecule has 0 aliphatic heterocycles. The number of carboxylic acid groups (broad SMARTS) is 1. The molecule has 4 aromatic rings. The Balaban J connectivity index is 0.00000420. The van der Waals surface area contributed by atoms with E-state index in [1.165, 1.54) is 37.4 Å². The van der Waals surface area contributed by atoms with Crippen LogP contribution < -0.4 is 14.2 Å². The summed E-state index contributed by atoms with van der Waals surface area (Å²) in [6.45, 7) is 3.14. The van der Waals surface area contributed by atoms with Gasteiger partial charge >= 0.3 is 5.97 Å². The SMILES string of the molecule is COc1cc(S(=O)(=O)c2ccc(OCC(=O)O)cc2)c2nc(S(=O)Cc3ncc(C)c(OC)c3C)[nH]c2c1.[Na]. The van der Waals surface area contributed by atoms with Crippen molar-refractivity contribution in [3.63, 3.8) is 0 Å². The zero-order valence-electron chi connectivity index (χ0n) is 22.0. The number of aromatic nitrogens is 3. The number of aromatic amines is 1. The molecule has 201 valence electrons. The van der Waals surface area contributed by atoms with Crippen molar-refractivity contribution in [3.8, 4) is 17.2 Å². The molecule has 39 heavy (non-hydrogen) atoms.